The summed E-state index contributed by atoms with van der Waals surface area (Å²) in [5.41, 5.74) is 3.89. The first kappa shape index (κ1) is 12.1. The summed E-state index contributed by atoms with van der Waals surface area (Å²) in [4.78, 5) is 10.6. The van der Waals surface area contributed by atoms with E-state index in [2.05, 4.69) is 20.2 Å². The van der Waals surface area contributed by atoms with Crippen molar-refractivity contribution in [3.05, 3.63) is 35.4 Å². The van der Waals surface area contributed by atoms with Crippen LogP contribution in [0.3, 0.4) is 0 Å². The Labute approximate surface area is 113 Å². The summed E-state index contributed by atoms with van der Waals surface area (Å²) >= 11 is 0. The Morgan fingerprint density at radius 2 is 1.95 bits per heavy atom. The number of hydrogen-bond donors (Lipinski definition) is 1. The smallest absolute Gasteiger partial charge is 0.225 e. The summed E-state index contributed by atoms with van der Waals surface area (Å²) in [7, 11) is 2.01. The molecule has 0 fully saturated rings. The molecule has 0 aliphatic heterocycles. The summed E-state index contributed by atoms with van der Waals surface area (Å²) < 4.78 is 0. The van der Waals surface area contributed by atoms with Gasteiger partial charge in [0.05, 0.1) is 12.2 Å². The predicted octanol–water partition coefficient (Wildman–Crippen LogP) is 2.10. The van der Waals surface area contributed by atoms with Crippen LogP contribution in [0.25, 0.3) is 0 Å². The van der Waals surface area contributed by atoms with E-state index in [4.69, 9.17) is 0 Å². The highest BCUT2D eigenvalue weighted by Gasteiger charge is 2.17. The maximum Gasteiger partial charge on any atom is 0.225 e. The summed E-state index contributed by atoms with van der Waals surface area (Å²) in [6.45, 7) is 0.760. The summed E-state index contributed by atoms with van der Waals surface area (Å²) in [6, 6.07) is 1.83. The fourth-order valence-electron chi connectivity index (χ4n) is 2.64. The third kappa shape index (κ3) is 2.59. The van der Waals surface area contributed by atoms with Gasteiger partial charge in [-0.25, -0.2) is 9.97 Å². The van der Waals surface area contributed by atoms with Gasteiger partial charge in [-0.1, -0.05) is 6.42 Å². The van der Waals surface area contributed by atoms with Crippen LogP contribution in [0.15, 0.2) is 18.5 Å². The van der Waals surface area contributed by atoms with E-state index in [0.29, 0.717) is 0 Å². The number of aryl methyl sites for hydroxylation is 1. The van der Waals surface area contributed by atoms with Crippen molar-refractivity contribution in [3.8, 4) is 0 Å². The van der Waals surface area contributed by atoms with Gasteiger partial charge in [0, 0.05) is 25.1 Å². The van der Waals surface area contributed by atoms with Crippen LogP contribution in [-0.2, 0) is 19.4 Å². The molecule has 5 nitrogen and oxygen atoms in total. The monoisotopic (exact) mass is 257 g/mol. The Balaban J connectivity index is 1.78. The van der Waals surface area contributed by atoms with Crippen molar-refractivity contribution in [1.82, 2.24) is 20.2 Å². The molecule has 0 saturated carbocycles. The van der Waals surface area contributed by atoms with Crippen LogP contribution < -0.4 is 4.90 Å². The van der Waals surface area contributed by atoms with Crippen LogP contribution in [0, 0.1) is 0 Å². The van der Waals surface area contributed by atoms with Gasteiger partial charge in [-0.15, -0.1) is 0 Å². The van der Waals surface area contributed by atoms with Crippen molar-refractivity contribution in [2.45, 2.75) is 38.6 Å². The number of aromatic amines is 1. The quantitative estimate of drug-likeness (QED) is 0.856. The molecular formula is C14H19N5. The zero-order valence-electron chi connectivity index (χ0n) is 11.3. The Bertz CT molecular complexity index is 534. The van der Waals surface area contributed by atoms with Crippen LogP contribution in [-0.4, -0.2) is 27.2 Å². The molecule has 1 N–H and O–H groups in total. The Morgan fingerprint density at radius 3 is 2.79 bits per heavy atom. The SMILES string of the molecule is CN(Cc1n[nH]c2c1CCCCC2)c1ncccn1. The number of anilines is 1. The lowest BCUT2D eigenvalue weighted by molar-refractivity contribution is 0.696. The van der Waals surface area contributed by atoms with Crippen LogP contribution in [0.5, 0.6) is 0 Å². The van der Waals surface area contributed by atoms with Gasteiger partial charge in [0.1, 0.15) is 0 Å². The van der Waals surface area contributed by atoms with E-state index >= 15 is 0 Å². The highest BCUT2D eigenvalue weighted by Crippen LogP contribution is 2.22. The van der Waals surface area contributed by atoms with Gasteiger partial charge in [0.2, 0.25) is 5.95 Å². The molecule has 3 rings (SSSR count). The fourth-order valence-corrected chi connectivity index (χ4v) is 2.64. The minimum absolute atomic E-state index is 0.743. The van der Waals surface area contributed by atoms with E-state index in [0.717, 1.165) is 31.0 Å². The average Bonchev–Trinajstić information content (AvgIpc) is 2.68. The van der Waals surface area contributed by atoms with E-state index in [1.54, 1.807) is 12.4 Å². The summed E-state index contributed by atoms with van der Waals surface area (Å²) in [5.74, 6) is 0.743. The number of hydrogen-bond acceptors (Lipinski definition) is 4. The highest BCUT2D eigenvalue weighted by molar-refractivity contribution is 5.33. The average molecular weight is 257 g/mol. The molecule has 5 heteroatoms. The van der Waals surface area contributed by atoms with Crippen molar-refractivity contribution < 1.29 is 0 Å². The second-order valence-electron chi connectivity index (χ2n) is 5.09. The molecule has 0 spiro atoms. The molecule has 0 radical (unpaired) electrons. The largest absolute Gasteiger partial charge is 0.338 e. The minimum atomic E-state index is 0.743. The highest BCUT2D eigenvalue weighted by atomic mass is 15.2. The number of aromatic nitrogens is 4. The lowest BCUT2D eigenvalue weighted by Crippen LogP contribution is -2.20. The Kier molecular flexibility index (Phi) is 3.44. The third-order valence-corrected chi connectivity index (χ3v) is 3.67. The molecule has 0 unspecified atom stereocenters. The topological polar surface area (TPSA) is 57.7 Å². The Morgan fingerprint density at radius 1 is 1.16 bits per heavy atom. The van der Waals surface area contributed by atoms with Crippen molar-refractivity contribution in [2.24, 2.45) is 0 Å². The number of H-pyrrole nitrogens is 1. The predicted molar refractivity (Wildman–Crippen MR) is 74.0 cm³/mol. The molecule has 0 saturated heterocycles. The van der Waals surface area contributed by atoms with E-state index in [1.807, 2.05) is 18.0 Å². The van der Waals surface area contributed by atoms with E-state index in [-0.39, 0.29) is 0 Å². The van der Waals surface area contributed by atoms with Gasteiger partial charge < -0.3 is 4.90 Å². The molecule has 2 aromatic rings. The zero-order valence-corrected chi connectivity index (χ0v) is 11.3. The van der Waals surface area contributed by atoms with Gasteiger partial charge in [-0.05, 0) is 37.3 Å². The second-order valence-corrected chi connectivity index (χ2v) is 5.09. The van der Waals surface area contributed by atoms with Crippen molar-refractivity contribution in [1.29, 1.82) is 0 Å². The normalized spacial score (nSPS) is 14.8. The van der Waals surface area contributed by atoms with Crippen LogP contribution in [0.4, 0.5) is 5.95 Å². The van der Waals surface area contributed by atoms with Crippen molar-refractivity contribution >= 4 is 5.95 Å². The van der Waals surface area contributed by atoms with Gasteiger partial charge in [-0.3, -0.25) is 5.10 Å². The number of nitrogens with zero attached hydrogens (tertiary/aromatic N) is 4. The second kappa shape index (κ2) is 5.38. The molecule has 1 aliphatic rings. The van der Waals surface area contributed by atoms with Crippen molar-refractivity contribution in [2.75, 3.05) is 11.9 Å². The molecule has 19 heavy (non-hydrogen) atoms. The summed E-state index contributed by atoms with van der Waals surface area (Å²) in [5, 5.41) is 7.69. The number of rotatable bonds is 3. The molecule has 0 amide bonds. The lowest BCUT2D eigenvalue weighted by Gasteiger charge is -2.15. The Hall–Kier alpha value is -1.91. The molecule has 2 aromatic heterocycles. The third-order valence-electron chi connectivity index (χ3n) is 3.67. The summed E-state index contributed by atoms with van der Waals surface area (Å²) in [6.07, 6.45) is 9.67. The maximum atomic E-state index is 4.48. The van der Waals surface area contributed by atoms with Gasteiger partial charge in [0.15, 0.2) is 0 Å². The first-order chi connectivity index (χ1) is 9.34. The molecule has 0 atom stereocenters. The van der Waals surface area contributed by atoms with E-state index in [1.165, 1.54) is 30.5 Å². The molecule has 0 aromatic carbocycles. The molecule has 0 bridgehead atoms. The molecule has 1 aliphatic carbocycles. The van der Waals surface area contributed by atoms with Crippen LogP contribution in [0.1, 0.15) is 36.2 Å². The maximum absolute atomic E-state index is 4.48. The van der Waals surface area contributed by atoms with Gasteiger partial charge in [0.25, 0.3) is 0 Å². The first-order valence-corrected chi connectivity index (χ1v) is 6.88. The van der Waals surface area contributed by atoms with Crippen molar-refractivity contribution in [3.63, 3.8) is 0 Å². The standard InChI is InChI=1S/C14H19N5/c1-19(14-15-8-5-9-16-14)10-13-11-6-3-2-4-7-12(11)17-18-13/h5,8-9H,2-4,6-7,10H2,1H3,(H,17,18). The van der Waals surface area contributed by atoms with E-state index < -0.39 is 0 Å². The minimum Gasteiger partial charge on any atom is -0.338 e. The molecule has 100 valence electrons. The molecular weight excluding hydrogens is 238 g/mol. The first-order valence-electron chi connectivity index (χ1n) is 6.88. The lowest BCUT2D eigenvalue weighted by atomic mass is 10.1. The van der Waals surface area contributed by atoms with E-state index in [9.17, 15) is 0 Å². The fraction of sp³-hybridized carbons (Fsp3) is 0.500. The molecule has 2 heterocycles. The van der Waals surface area contributed by atoms with Crippen LogP contribution in [0.2, 0.25) is 0 Å². The van der Waals surface area contributed by atoms with Crippen LogP contribution >= 0.6 is 0 Å². The van der Waals surface area contributed by atoms with Gasteiger partial charge in [-0.2, -0.15) is 5.10 Å². The number of fused-ring (bicyclic) bond motifs is 1. The van der Waals surface area contributed by atoms with Gasteiger partial charge >= 0.3 is 0 Å². The zero-order chi connectivity index (χ0) is 13.1. The number of nitrogens with one attached hydrogen (secondary N) is 1.